The minimum atomic E-state index is 0.436. The van der Waals surface area contributed by atoms with Gasteiger partial charge in [-0.05, 0) is 18.2 Å². The molecule has 0 fully saturated rings. The number of nitrogens with zero attached hydrogens (tertiary/aromatic N) is 1. The molecule has 0 unspecified atom stereocenters. The van der Waals surface area contributed by atoms with Crippen molar-refractivity contribution < 1.29 is 9.47 Å². The van der Waals surface area contributed by atoms with Crippen LogP contribution in [0.3, 0.4) is 0 Å². The lowest BCUT2D eigenvalue weighted by molar-refractivity contribution is 0.395. The Hall–Kier alpha value is -2.01. The van der Waals surface area contributed by atoms with Crippen LogP contribution in [0.2, 0.25) is 0 Å². The summed E-state index contributed by atoms with van der Waals surface area (Å²) >= 11 is 0. The average molecular weight is 233 g/mol. The second-order valence-electron chi connectivity index (χ2n) is 3.55. The molecule has 5 nitrogen and oxygen atoms in total. The molecule has 0 aliphatic heterocycles. The molecule has 0 saturated carbocycles. The number of nitrogens with two attached hydrogens (primary N) is 1. The zero-order chi connectivity index (χ0) is 12.3. The summed E-state index contributed by atoms with van der Waals surface area (Å²) in [5, 5.41) is 7.07. The summed E-state index contributed by atoms with van der Waals surface area (Å²) in [5.74, 6) is 1.47. The van der Waals surface area contributed by atoms with Gasteiger partial charge in [-0.15, -0.1) is 0 Å². The van der Waals surface area contributed by atoms with Crippen molar-refractivity contribution in [2.75, 3.05) is 14.2 Å². The van der Waals surface area contributed by atoms with Gasteiger partial charge in [0.15, 0.2) is 0 Å². The van der Waals surface area contributed by atoms with Crippen LogP contribution in [0.4, 0.5) is 0 Å². The van der Waals surface area contributed by atoms with Gasteiger partial charge in [0, 0.05) is 23.9 Å². The Balaban J connectivity index is 2.43. The predicted molar refractivity (Wildman–Crippen MR) is 65.0 cm³/mol. The molecule has 5 heteroatoms. The summed E-state index contributed by atoms with van der Waals surface area (Å²) in [5.41, 5.74) is 8.14. The maximum Gasteiger partial charge on any atom is 0.132 e. The molecular weight excluding hydrogens is 218 g/mol. The van der Waals surface area contributed by atoms with Gasteiger partial charge in [-0.1, -0.05) is 0 Å². The van der Waals surface area contributed by atoms with Gasteiger partial charge in [0.25, 0.3) is 0 Å². The van der Waals surface area contributed by atoms with E-state index in [4.69, 9.17) is 15.2 Å². The zero-order valence-electron chi connectivity index (χ0n) is 9.86. The van der Waals surface area contributed by atoms with E-state index in [-0.39, 0.29) is 0 Å². The lowest BCUT2D eigenvalue weighted by Crippen LogP contribution is -1.95. The Labute approximate surface area is 99.5 Å². The Morgan fingerprint density at radius 3 is 2.65 bits per heavy atom. The molecule has 1 heterocycles. The molecule has 2 aromatic rings. The van der Waals surface area contributed by atoms with E-state index in [0.29, 0.717) is 6.54 Å². The Morgan fingerprint density at radius 1 is 1.24 bits per heavy atom. The standard InChI is InChI=1S/C12H15N3O2/c1-16-9-3-4-10(12(6-9)17-2)11-5-8(7-13)14-15-11/h3-6H,7,13H2,1-2H3,(H,14,15). The van der Waals surface area contributed by atoms with Crippen LogP contribution in [0, 0.1) is 0 Å². The number of aromatic nitrogens is 2. The zero-order valence-corrected chi connectivity index (χ0v) is 9.86. The van der Waals surface area contributed by atoms with Crippen molar-refractivity contribution in [1.82, 2.24) is 10.2 Å². The summed E-state index contributed by atoms with van der Waals surface area (Å²) in [7, 11) is 3.24. The molecule has 0 bridgehead atoms. The van der Waals surface area contributed by atoms with Gasteiger partial charge in [-0.2, -0.15) is 5.10 Å². The summed E-state index contributed by atoms with van der Waals surface area (Å²) in [6, 6.07) is 7.51. The number of rotatable bonds is 4. The van der Waals surface area contributed by atoms with Crippen LogP contribution in [-0.4, -0.2) is 24.4 Å². The molecule has 3 N–H and O–H groups in total. The molecule has 0 amide bonds. The van der Waals surface area contributed by atoms with E-state index in [1.807, 2.05) is 24.3 Å². The number of methoxy groups -OCH3 is 2. The highest BCUT2D eigenvalue weighted by molar-refractivity contribution is 5.68. The highest BCUT2D eigenvalue weighted by atomic mass is 16.5. The van der Waals surface area contributed by atoms with Gasteiger partial charge in [0.05, 0.1) is 19.9 Å². The topological polar surface area (TPSA) is 73.2 Å². The van der Waals surface area contributed by atoms with Crippen molar-refractivity contribution in [3.05, 3.63) is 30.0 Å². The van der Waals surface area contributed by atoms with Crippen molar-refractivity contribution in [2.45, 2.75) is 6.54 Å². The van der Waals surface area contributed by atoms with Crippen molar-refractivity contribution >= 4 is 0 Å². The van der Waals surface area contributed by atoms with E-state index < -0.39 is 0 Å². The molecule has 1 aromatic carbocycles. The van der Waals surface area contributed by atoms with E-state index in [2.05, 4.69) is 10.2 Å². The average Bonchev–Trinajstić information content (AvgIpc) is 2.86. The summed E-state index contributed by atoms with van der Waals surface area (Å²) in [6.07, 6.45) is 0. The van der Waals surface area contributed by atoms with Crippen LogP contribution >= 0.6 is 0 Å². The molecule has 0 aliphatic rings. The first-order chi connectivity index (χ1) is 8.28. The fraction of sp³-hybridized carbons (Fsp3) is 0.250. The van der Waals surface area contributed by atoms with E-state index in [1.54, 1.807) is 14.2 Å². The number of hydrogen-bond donors (Lipinski definition) is 2. The van der Waals surface area contributed by atoms with Crippen LogP contribution < -0.4 is 15.2 Å². The molecular formula is C12H15N3O2. The number of H-pyrrole nitrogens is 1. The number of aromatic amines is 1. The van der Waals surface area contributed by atoms with Gasteiger partial charge in [0.2, 0.25) is 0 Å². The van der Waals surface area contributed by atoms with Crippen molar-refractivity contribution in [3.63, 3.8) is 0 Å². The van der Waals surface area contributed by atoms with E-state index in [1.165, 1.54) is 0 Å². The highest BCUT2D eigenvalue weighted by Crippen LogP contribution is 2.32. The Morgan fingerprint density at radius 2 is 2.06 bits per heavy atom. The number of benzene rings is 1. The maximum atomic E-state index is 5.53. The van der Waals surface area contributed by atoms with Crippen molar-refractivity contribution in [1.29, 1.82) is 0 Å². The second kappa shape index (κ2) is 4.88. The van der Waals surface area contributed by atoms with Crippen LogP contribution in [0.25, 0.3) is 11.3 Å². The first kappa shape index (κ1) is 11.5. The van der Waals surface area contributed by atoms with Gasteiger partial charge < -0.3 is 15.2 Å². The minimum absolute atomic E-state index is 0.436. The van der Waals surface area contributed by atoms with Crippen LogP contribution in [0.15, 0.2) is 24.3 Å². The predicted octanol–water partition coefficient (Wildman–Crippen LogP) is 1.55. The van der Waals surface area contributed by atoms with E-state index in [9.17, 15) is 0 Å². The molecule has 0 saturated heterocycles. The Kier molecular flexibility index (Phi) is 3.30. The summed E-state index contributed by atoms with van der Waals surface area (Å²) in [4.78, 5) is 0. The third-order valence-electron chi connectivity index (χ3n) is 2.54. The molecule has 90 valence electrons. The first-order valence-electron chi connectivity index (χ1n) is 5.25. The van der Waals surface area contributed by atoms with Gasteiger partial charge in [-0.25, -0.2) is 0 Å². The third-order valence-corrected chi connectivity index (χ3v) is 2.54. The monoisotopic (exact) mass is 233 g/mol. The fourth-order valence-corrected chi connectivity index (χ4v) is 1.61. The minimum Gasteiger partial charge on any atom is -0.497 e. The maximum absolute atomic E-state index is 5.53. The van der Waals surface area contributed by atoms with Crippen LogP contribution in [0.1, 0.15) is 5.69 Å². The molecule has 1 aromatic heterocycles. The van der Waals surface area contributed by atoms with E-state index >= 15 is 0 Å². The molecule has 2 rings (SSSR count). The smallest absolute Gasteiger partial charge is 0.132 e. The largest absolute Gasteiger partial charge is 0.497 e. The normalized spacial score (nSPS) is 10.3. The summed E-state index contributed by atoms with van der Waals surface area (Å²) < 4.78 is 10.5. The van der Waals surface area contributed by atoms with Crippen molar-refractivity contribution in [2.24, 2.45) is 5.73 Å². The lowest BCUT2D eigenvalue weighted by atomic mass is 10.1. The van der Waals surface area contributed by atoms with E-state index in [0.717, 1.165) is 28.5 Å². The number of ether oxygens (including phenoxy) is 2. The Bertz CT molecular complexity index is 508. The molecule has 0 spiro atoms. The quantitative estimate of drug-likeness (QED) is 0.840. The number of hydrogen-bond acceptors (Lipinski definition) is 4. The number of nitrogens with one attached hydrogen (secondary N) is 1. The first-order valence-corrected chi connectivity index (χ1v) is 5.25. The highest BCUT2D eigenvalue weighted by Gasteiger charge is 2.10. The van der Waals surface area contributed by atoms with Gasteiger partial charge in [-0.3, -0.25) is 5.10 Å². The van der Waals surface area contributed by atoms with Crippen molar-refractivity contribution in [3.8, 4) is 22.8 Å². The third kappa shape index (κ3) is 2.24. The van der Waals surface area contributed by atoms with Crippen LogP contribution in [0.5, 0.6) is 11.5 Å². The second-order valence-corrected chi connectivity index (χ2v) is 3.55. The summed E-state index contributed by atoms with van der Waals surface area (Å²) in [6.45, 7) is 0.436. The SMILES string of the molecule is COc1ccc(-c2cc(CN)[nH]n2)c(OC)c1. The van der Waals surface area contributed by atoms with Gasteiger partial charge >= 0.3 is 0 Å². The molecule has 0 radical (unpaired) electrons. The molecule has 17 heavy (non-hydrogen) atoms. The van der Waals surface area contributed by atoms with Crippen LogP contribution in [-0.2, 0) is 6.54 Å². The molecule has 0 aliphatic carbocycles. The van der Waals surface area contributed by atoms with Gasteiger partial charge in [0.1, 0.15) is 11.5 Å². The molecule has 0 atom stereocenters. The lowest BCUT2D eigenvalue weighted by Gasteiger charge is -2.08. The fourth-order valence-electron chi connectivity index (χ4n) is 1.61.